The number of rotatable bonds is 7. The summed E-state index contributed by atoms with van der Waals surface area (Å²) in [5.41, 5.74) is 0.849. The van der Waals surface area contributed by atoms with E-state index in [0.29, 0.717) is 46.5 Å². The average Bonchev–Trinajstić information content (AvgIpc) is 2.75. The highest BCUT2D eigenvalue weighted by molar-refractivity contribution is 7.98. The van der Waals surface area contributed by atoms with E-state index in [9.17, 15) is 9.59 Å². The van der Waals surface area contributed by atoms with Crippen molar-refractivity contribution in [1.29, 1.82) is 0 Å². The fraction of sp³-hybridized carbons (Fsp3) is 0.250. The largest absolute Gasteiger partial charge is 0.385 e. The second-order valence-corrected chi connectivity index (χ2v) is 7.31. The molecule has 148 valence electrons. The van der Waals surface area contributed by atoms with Crippen LogP contribution in [0.1, 0.15) is 6.42 Å². The molecule has 2 aromatic heterocycles. The molecular formula is C20H19N5O3S. The maximum Gasteiger partial charge on any atom is 0.278 e. The molecule has 4 rings (SSSR count). The van der Waals surface area contributed by atoms with Crippen molar-refractivity contribution in [1.82, 2.24) is 24.5 Å². The minimum atomic E-state index is -0.225. The zero-order valence-corrected chi connectivity index (χ0v) is 16.6. The molecule has 0 atom stereocenters. The van der Waals surface area contributed by atoms with Crippen LogP contribution in [0.15, 0.2) is 63.3 Å². The summed E-state index contributed by atoms with van der Waals surface area (Å²) < 4.78 is 8.03. The van der Waals surface area contributed by atoms with Gasteiger partial charge in [0.1, 0.15) is 5.52 Å². The third kappa shape index (κ3) is 3.92. The highest BCUT2D eigenvalue weighted by atomic mass is 32.2. The number of para-hydroxylation sites is 1. The lowest BCUT2D eigenvalue weighted by Crippen LogP contribution is -2.26. The first-order chi connectivity index (χ1) is 14.2. The molecule has 0 N–H and O–H groups in total. The van der Waals surface area contributed by atoms with E-state index in [1.807, 2.05) is 24.3 Å². The Morgan fingerprint density at radius 3 is 2.41 bits per heavy atom. The molecule has 4 aromatic rings. The highest BCUT2D eigenvalue weighted by Crippen LogP contribution is 2.19. The molecule has 0 aliphatic heterocycles. The topological polar surface area (TPSA) is 91.9 Å². The molecule has 0 unspecified atom stereocenters. The molecule has 9 heteroatoms. The van der Waals surface area contributed by atoms with E-state index in [4.69, 9.17) is 4.74 Å². The average molecular weight is 409 g/mol. The molecule has 8 nitrogen and oxygen atoms in total. The van der Waals surface area contributed by atoms with Crippen molar-refractivity contribution in [3.8, 4) is 0 Å². The summed E-state index contributed by atoms with van der Waals surface area (Å²) in [7, 11) is 1.63. The molecular weight excluding hydrogens is 390 g/mol. The van der Waals surface area contributed by atoms with E-state index in [1.165, 1.54) is 16.4 Å². The van der Waals surface area contributed by atoms with Crippen LogP contribution in [-0.2, 0) is 17.2 Å². The molecule has 0 aliphatic carbocycles. The van der Waals surface area contributed by atoms with Gasteiger partial charge in [0, 0.05) is 20.3 Å². The molecule has 0 amide bonds. The SMILES string of the molecule is COCCCn1c(SCn2nnc3ccccc3c2=O)nc2ccccc2c1=O. The van der Waals surface area contributed by atoms with Crippen LogP contribution in [0.25, 0.3) is 21.8 Å². The summed E-state index contributed by atoms with van der Waals surface area (Å²) in [5.74, 6) is 0.200. The predicted octanol–water partition coefficient (Wildman–Crippen LogP) is 2.29. The van der Waals surface area contributed by atoms with Gasteiger partial charge in [0.05, 0.1) is 22.2 Å². The van der Waals surface area contributed by atoms with Crippen LogP contribution in [0.2, 0.25) is 0 Å². The molecule has 0 saturated carbocycles. The van der Waals surface area contributed by atoms with Gasteiger partial charge in [0.15, 0.2) is 5.16 Å². The van der Waals surface area contributed by atoms with Gasteiger partial charge in [-0.15, -0.1) is 5.10 Å². The smallest absolute Gasteiger partial charge is 0.278 e. The number of hydrogen-bond donors (Lipinski definition) is 0. The number of hydrogen-bond acceptors (Lipinski definition) is 7. The third-order valence-electron chi connectivity index (χ3n) is 4.50. The predicted molar refractivity (Wildman–Crippen MR) is 112 cm³/mol. The number of aromatic nitrogens is 5. The quantitative estimate of drug-likeness (QED) is 0.263. The Labute approximate surface area is 170 Å². The van der Waals surface area contributed by atoms with Gasteiger partial charge in [-0.1, -0.05) is 41.2 Å². The zero-order chi connectivity index (χ0) is 20.2. The highest BCUT2D eigenvalue weighted by Gasteiger charge is 2.13. The molecule has 0 spiro atoms. The van der Waals surface area contributed by atoms with Gasteiger partial charge >= 0.3 is 0 Å². The van der Waals surface area contributed by atoms with Gasteiger partial charge in [-0.25, -0.2) is 4.98 Å². The number of nitrogens with zero attached hydrogens (tertiary/aromatic N) is 5. The molecule has 0 saturated heterocycles. The van der Waals surface area contributed by atoms with Crippen LogP contribution in [0.4, 0.5) is 0 Å². The Hall–Kier alpha value is -3.04. The molecule has 0 radical (unpaired) electrons. The number of thioether (sulfide) groups is 1. The molecule has 29 heavy (non-hydrogen) atoms. The first-order valence-electron chi connectivity index (χ1n) is 9.13. The first-order valence-corrected chi connectivity index (χ1v) is 10.1. The first kappa shape index (κ1) is 19.3. The molecule has 0 bridgehead atoms. The van der Waals surface area contributed by atoms with Crippen LogP contribution >= 0.6 is 11.8 Å². The normalized spacial score (nSPS) is 11.3. The Morgan fingerprint density at radius 1 is 0.966 bits per heavy atom. The van der Waals surface area contributed by atoms with Gasteiger partial charge in [-0.3, -0.25) is 14.2 Å². The lowest BCUT2D eigenvalue weighted by atomic mass is 10.2. The van der Waals surface area contributed by atoms with Crippen LogP contribution in [0, 0.1) is 0 Å². The van der Waals surface area contributed by atoms with Crippen molar-refractivity contribution in [3.63, 3.8) is 0 Å². The van der Waals surface area contributed by atoms with E-state index < -0.39 is 0 Å². The van der Waals surface area contributed by atoms with E-state index >= 15 is 0 Å². The minimum Gasteiger partial charge on any atom is -0.385 e. The second-order valence-electron chi connectivity index (χ2n) is 6.40. The fourth-order valence-electron chi connectivity index (χ4n) is 3.05. The van der Waals surface area contributed by atoms with Crippen LogP contribution < -0.4 is 11.1 Å². The Kier molecular flexibility index (Phi) is 5.68. The standard InChI is InChI=1S/C20H19N5O3S/c1-28-12-6-11-24-18(26)14-7-2-4-9-16(14)21-20(24)29-13-25-19(27)15-8-3-5-10-17(15)22-23-25/h2-5,7-10H,6,11-13H2,1H3. The van der Waals surface area contributed by atoms with Gasteiger partial charge in [-0.05, 0) is 30.7 Å². The number of benzene rings is 2. The fourth-order valence-corrected chi connectivity index (χ4v) is 3.95. The molecule has 0 fully saturated rings. The Balaban J connectivity index is 1.70. The van der Waals surface area contributed by atoms with E-state index in [2.05, 4.69) is 15.3 Å². The lowest BCUT2D eigenvalue weighted by molar-refractivity contribution is 0.189. The van der Waals surface area contributed by atoms with Gasteiger partial charge in [0.2, 0.25) is 0 Å². The van der Waals surface area contributed by atoms with Crippen LogP contribution in [0.3, 0.4) is 0 Å². The maximum absolute atomic E-state index is 13.0. The Morgan fingerprint density at radius 2 is 1.66 bits per heavy atom. The summed E-state index contributed by atoms with van der Waals surface area (Å²) in [4.78, 5) is 30.3. The van der Waals surface area contributed by atoms with Crippen molar-refractivity contribution in [2.24, 2.45) is 0 Å². The van der Waals surface area contributed by atoms with Crippen LogP contribution in [0.5, 0.6) is 0 Å². The molecule has 2 aromatic carbocycles. The van der Waals surface area contributed by atoms with Gasteiger partial charge < -0.3 is 4.74 Å². The third-order valence-corrected chi connectivity index (χ3v) is 5.45. The van der Waals surface area contributed by atoms with Gasteiger partial charge in [0.25, 0.3) is 11.1 Å². The summed E-state index contributed by atoms with van der Waals surface area (Å²) in [6.45, 7) is 1.02. The summed E-state index contributed by atoms with van der Waals surface area (Å²) in [6.07, 6.45) is 0.680. The van der Waals surface area contributed by atoms with Crippen molar-refractivity contribution in [2.75, 3.05) is 13.7 Å². The van der Waals surface area contributed by atoms with Crippen molar-refractivity contribution >= 4 is 33.6 Å². The maximum atomic E-state index is 13.0. The summed E-state index contributed by atoms with van der Waals surface area (Å²) in [5, 5.41) is 9.72. The monoisotopic (exact) mass is 409 g/mol. The minimum absolute atomic E-state index is 0.105. The zero-order valence-electron chi connectivity index (χ0n) is 15.8. The Bertz CT molecular complexity index is 1280. The van der Waals surface area contributed by atoms with Gasteiger partial charge in [-0.2, -0.15) is 4.68 Å². The lowest BCUT2D eigenvalue weighted by Gasteiger charge is -2.13. The molecule has 0 aliphatic rings. The van der Waals surface area contributed by atoms with Crippen molar-refractivity contribution in [2.45, 2.75) is 24.0 Å². The molecule has 2 heterocycles. The van der Waals surface area contributed by atoms with Crippen LogP contribution in [-0.4, -0.2) is 38.3 Å². The number of methoxy groups -OCH3 is 1. The van der Waals surface area contributed by atoms with E-state index in [1.54, 1.807) is 35.9 Å². The van der Waals surface area contributed by atoms with Crippen molar-refractivity contribution in [3.05, 3.63) is 69.2 Å². The van der Waals surface area contributed by atoms with Crippen molar-refractivity contribution < 1.29 is 4.74 Å². The number of fused-ring (bicyclic) bond motifs is 2. The van der Waals surface area contributed by atoms with E-state index in [0.717, 1.165) is 0 Å². The van der Waals surface area contributed by atoms with E-state index in [-0.39, 0.29) is 17.0 Å². The summed E-state index contributed by atoms with van der Waals surface area (Å²) in [6, 6.07) is 14.3. The summed E-state index contributed by atoms with van der Waals surface area (Å²) >= 11 is 1.28. The second kappa shape index (κ2) is 8.54. The number of ether oxygens (including phenoxy) is 1.